The third kappa shape index (κ3) is 5.01. The quantitative estimate of drug-likeness (QED) is 0.468. The Morgan fingerprint density at radius 1 is 1.42 bits per heavy atom. The molecule has 6 nitrogen and oxygen atoms in total. The highest BCUT2D eigenvalue weighted by Crippen LogP contribution is 2.21. The van der Waals surface area contributed by atoms with Gasteiger partial charge in [0.05, 0.1) is 12.3 Å². The van der Waals surface area contributed by atoms with E-state index in [9.17, 15) is 4.79 Å². The highest BCUT2D eigenvalue weighted by Gasteiger charge is 2.21. The van der Waals surface area contributed by atoms with Crippen molar-refractivity contribution in [2.45, 2.75) is 32.7 Å². The first-order chi connectivity index (χ1) is 11.5. The Labute approximate surface area is 148 Å². The van der Waals surface area contributed by atoms with Crippen LogP contribution in [0.15, 0.2) is 29.4 Å². The molecule has 130 valence electrons. The van der Waals surface area contributed by atoms with Crippen LogP contribution >= 0.6 is 12.2 Å². The summed E-state index contributed by atoms with van der Waals surface area (Å²) < 4.78 is 5.05. The summed E-state index contributed by atoms with van der Waals surface area (Å²) in [5.41, 5.74) is 5.57. The number of hydrogen-bond donors (Lipinski definition) is 2. The summed E-state index contributed by atoms with van der Waals surface area (Å²) in [5.74, 6) is 0.191. The van der Waals surface area contributed by atoms with E-state index >= 15 is 0 Å². The molecule has 1 amide bonds. The molecule has 1 aliphatic rings. The largest absolute Gasteiger partial charge is 0.383 e. The number of rotatable bonds is 6. The second kappa shape index (κ2) is 8.75. The summed E-state index contributed by atoms with van der Waals surface area (Å²) in [7, 11) is 1.65. The number of carbonyl (C=O) groups is 1. The molecule has 1 atom stereocenters. The molecule has 1 saturated heterocycles. The summed E-state index contributed by atoms with van der Waals surface area (Å²) >= 11 is 5.19. The highest BCUT2D eigenvalue weighted by atomic mass is 32.1. The zero-order valence-corrected chi connectivity index (χ0v) is 15.2. The van der Waals surface area contributed by atoms with Crippen LogP contribution in [-0.2, 0) is 9.53 Å². The summed E-state index contributed by atoms with van der Waals surface area (Å²) in [5, 5.41) is 7.83. The van der Waals surface area contributed by atoms with Gasteiger partial charge in [0.1, 0.15) is 0 Å². The van der Waals surface area contributed by atoms with Gasteiger partial charge in [-0.15, -0.1) is 0 Å². The molecule has 0 unspecified atom stereocenters. The standard InChI is InChI=1S/C17H24N4O2S/c1-12(11-23-3)18-17(24)20-19-13(2)14-6-8-15(9-7-14)21-10-4-5-16(21)22/h6-9,12H,4-5,10-11H2,1-3H3,(H2,18,20,24)/b19-13-/t12-/m0/s1. The lowest BCUT2D eigenvalue weighted by molar-refractivity contribution is -0.117. The number of hydrogen-bond acceptors (Lipinski definition) is 4. The van der Waals surface area contributed by atoms with Crippen molar-refractivity contribution in [2.75, 3.05) is 25.2 Å². The third-order valence-corrected chi connectivity index (χ3v) is 4.00. The van der Waals surface area contributed by atoms with E-state index in [1.807, 2.05) is 43.0 Å². The number of amides is 1. The first-order valence-electron chi connectivity index (χ1n) is 8.02. The van der Waals surface area contributed by atoms with Gasteiger partial charge in [0.25, 0.3) is 0 Å². The minimum Gasteiger partial charge on any atom is -0.383 e. The Kier molecular flexibility index (Phi) is 6.69. The molecule has 2 rings (SSSR count). The van der Waals surface area contributed by atoms with Crippen molar-refractivity contribution in [2.24, 2.45) is 5.10 Å². The lowest BCUT2D eigenvalue weighted by Gasteiger charge is -2.16. The number of benzene rings is 1. The average molecular weight is 348 g/mol. The van der Waals surface area contributed by atoms with Crippen LogP contribution < -0.4 is 15.6 Å². The van der Waals surface area contributed by atoms with Gasteiger partial charge < -0.3 is 15.0 Å². The van der Waals surface area contributed by atoms with Gasteiger partial charge in [0.2, 0.25) is 5.91 Å². The van der Waals surface area contributed by atoms with E-state index in [0.717, 1.165) is 29.9 Å². The maximum atomic E-state index is 11.8. The van der Waals surface area contributed by atoms with Crippen molar-refractivity contribution < 1.29 is 9.53 Å². The smallest absolute Gasteiger partial charge is 0.227 e. The second-order valence-electron chi connectivity index (χ2n) is 5.83. The van der Waals surface area contributed by atoms with Crippen LogP contribution in [-0.4, -0.2) is 43.0 Å². The van der Waals surface area contributed by atoms with Crippen LogP contribution in [0.5, 0.6) is 0 Å². The molecule has 1 aromatic carbocycles. The predicted octanol–water partition coefficient (Wildman–Crippen LogP) is 2.04. The van der Waals surface area contributed by atoms with Gasteiger partial charge in [0.15, 0.2) is 5.11 Å². The Morgan fingerprint density at radius 2 is 2.12 bits per heavy atom. The topological polar surface area (TPSA) is 66.0 Å². The molecule has 7 heteroatoms. The van der Waals surface area contributed by atoms with Crippen molar-refractivity contribution in [3.63, 3.8) is 0 Å². The summed E-state index contributed by atoms with van der Waals surface area (Å²) in [4.78, 5) is 13.6. The van der Waals surface area contributed by atoms with Crippen molar-refractivity contribution in [3.8, 4) is 0 Å². The number of nitrogens with zero attached hydrogens (tertiary/aromatic N) is 2. The van der Waals surface area contributed by atoms with Gasteiger partial charge in [-0.1, -0.05) is 12.1 Å². The zero-order chi connectivity index (χ0) is 17.5. The summed E-state index contributed by atoms with van der Waals surface area (Å²) in [6.45, 7) is 5.25. The van der Waals surface area contributed by atoms with E-state index < -0.39 is 0 Å². The van der Waals surface area contributed by atoms with Crippen molar-refractivity contribution in [3.05, 3.63) is 29.8 Å². The van der Waals surface area contributed by atoms with Crippen LogP contribution in [0.4, 0.5) is 5.69 Å². The van der Waals surface area contributed by atoms with E-state index in [2.05, 4.69) is 15.8 Å². The molecule has 1 fully saturated rings. The molecule has 0 aromatic heterocycles. The number of thiocarbonyl (C=S) groups is 1. The number of hydrazone groups is 1. The fraction of sp³-hybridized carbons (Fsp3) is 0.471. The van der Waals surface area contributed by atoms with Gasteiger partial charge in [-0.3, -0.25) is 10.2 Å². The fourth-order valence-electron chi connectivity index (χ4n) is 2.55. The molecule has 1 aromatic rings. The minimum absolute atomic E-state index is 0.114. The molecular weight excluding hydrogens is 324 g/mol. The maximum Gasteiger partial charge on any atom is 0.227 e. The SMILES string of the molecule is COC[C@H](C)NC(=S)N/N=C(/C)c1ccc(N2CCCC2=O)cc1. The Bertz CT molecular complexity index is 616. The van der Waals surface area contributed by atoms with Gasteiger partial charge >= 0.3 is 0 Å². The first-order valence-corrected chi connectivity index (χ1v) is 8.42. The molecule has 24 heavy (non-hydrogen) atoms. The van der Waals surface area contributed by atoms with E-state index in [4.69, 9.17) is 17.0 Å². The lowest BCUT2D eigenvalue weighted by Crippen LogP contribution is -2.40. The van der Waals surface area contributed by atoms with Crippen LogP contribution in [0, 0.1) is 0 Å². The zero-order valence-electron chi connectivity index (χ0n) is 14.3. The van der Waals surface area contributed by atoms with Gasteiger partial charge in [-0.05, 0) is 50.2 Å². The van der Waals surface area contributed by atoms with Gasteiger partial charge in [-0.25, -0.2) is 0 Å². The van der Waals surface area contributed by atoms with E-state index in [0.29, 0.717) is 18.1 Å². The van der Waals surface area contributed by atoms with Crippen LogP contribution in [0.2, 0.25) is 0 Å². The molecule has 2 N–H and O–H groups in total. The lowest BCUT2D eigenvalue weighted by atomic mass is 10.1. The van der Waals surface area contributed by atoms with E-state index in [1.165, 1.54) is 0 Å². The highest BCUT2D eigenvalue weighted by molar-refractivity contribution is 7.80. The Balaban J connectivity index is 1.93. The first kappa shape index (κ1) is 18.4. The van der Waals surface area contributed by atoms with Crippen LogP contribution in [0.25, 0.3) is 0 Å². The fourth-order valence-corrected chi connectivity index (χ4v) is 2.80. The van der Waals surface area contributed by atoms with E-state index in [-0.39, 0.29) is 11.9 Å². The number of nitrogens with one attached hydrogen (secondary N) is 2. The molecular formula is C17H24N4O2S. The molecule has 0 saturated carbocycles. The van der Waals surface area contributed by atoms with Crippen molar-refractivity contribution >= 4 is 34.6 Å². The minimum atomic E-state index is 0.114. The monoisotopic (exact) mass is 348 g/mol. The van der Waals surface area contributed by atoms with Crippen LogP contribution in [0.3, 0.4) is 0 Å². The number of ether oxygens (including phenoxy) is 1. The number of carbonyl (C=O) groups excluding carboxylic acids is 1. The molecule has 1 aliphatic heterocycles. The number of anilines is 1. The Hall–Kier alpha value is -1.99. The third-order valence-electron chi connectivity index (χ3n) is 3.79. The molecule has 0 bridgehead atoms. The van der Waals surface area contributed by atoms with Crippen LogP contribution in [0.1, 0.15) is 32.3 Å². The van der Waals surface area contributed by atoms with Gasteiger partial charge in [-0.2, -0.15) is 5.10 Å². The van der Waals surface area contributed by atoms with Crippen molar-refractivity contribution in [1.29, 1.82) is 0 Å². The summed E-state index contributed by atoms with van der Waals surface area (Å²) in [6, 6.07) is 7.95. The maximum absolute atomic E-state index is 11.8. The van der Waals surface area contributed by atoms with E-state index in [1.54, 1.807) is 7.11 Å². The molecule has 0 aliphatic carbocycles. The van der Waals surface area contributed by atoms with Crippen molar-refractivity contribution in [1.82, 2.24) is 10.7 Å². The molecule has 0 radical (unpaired) electrons. The van der Waals surface area contributed by atoms with Gasteiger partial charge in [0, 0.05) is 31.8 Å². The second-order valence-corrected chi connectivity index (χ2v) is 6.24. The number of methoxy groups -OCH3 is 1. The summed E-state index contributed by atoms with van der Waals surface area (Å²) in [6.07, 6.45) is 1.56. The molecule has 0 spiro atoms. The normalized spacial score (nSPS) is 16.2. The average Bonchev–Trinajstić information content (AvgIpc) is 2.99. The Morgan fingerprint density at radius 3 is 2.71 bits per heavy atom. The predicted molar refractivity (Wildman–Crippen MR) is 100 cm³/mol. The molecule has 1 heterocycles.